The van der Waals surface area contributed by atoms with Gasteiger partial charge in [0.25, 0.3) is 5.91 Å². The third-order valence-electron chi connectivity index (χ3n) is 3.42. The van der Waals surface area contributed by atoms with Gasteiger partial charge in [0.15, 0.2) is 13.2 Å². The molecule has 0 saturated carbocycles. The first-order chi connectivity index (χ1) is 13.1. The Labute approximate surface area is 157 Å². The lowest BCUT2D eigenvalue weighted by Crippen LogP contribution is -2.24. The lowest BCUT2D eigenvalue weighted by atomic mass is 10.2. The summed E-state index contributed by atoms with van der Waals surface area (Å²) in [6.45, 7) is 3.57. The van der Waals surface area contributed by atoms with Gasteiger partial charge in [-0.15, -0.1) is 0 Å². The molecule has 0 aliphatic rings. The molecule has 0 bridgehead atoms. The van der Waals surface area contributed by atoms with Crippen LogP contribution in [-0.4, -0.2) is 37.9 Å². The number of nitrogens with zero attached hydrogens (tertiary/aromatic N) is 1. The summed E-state index contributed by atoms with van der Waals surface area (Å²) in [5, 5.41) is 3.90. The van der Waals surface area contributed by atoms with Crippen LogP contribution in [0.15, 0.2) is 53.6 Å². The van der Waals surface area contributed by atoms with Gasteiger partial charge in [-0.3, -0.25) is 4.79 Å². The summed E-state index contributed by atoms with van der Waals surface area (Å²) in [6.07, 6.45) is 1.44. The summed E-state index contributed by atoms with van der Waals surface area (Å²) in [5.74, 6) is 0.263. The van der Waals surface area contributed by atoms with Gasteiger partial charge in [-0.2, -0.15) is 5.10 Å². The van der Waals surface area contributed by atoms with Gasteiger partial charge in [0.2, 0.25) is 0 Å². The molecule has 2 aromatic rings. The van der Waals surface area contributed by atoms with E-state index in [9.17, 15) is 9.59 Å². The number of rotatable bonds is 9. The highest BCUT2D eigenvalue weighted by molar-refractivity contribution is 5.85. The number of benzene rings is 2. The first kappa shape index (κ1) is 20.0. The highest BCUT2D eigenvalue weighted by atomic mass is 16.6. The average molecular weight is 370 g/mol. The fraction of sp³-hybridized carbons (Fsp3) is 0.250. The van der Waals surface area contributed by atoms with Crippen LogP contribution in [0.5, 0.6) is 11.5 Å². The number of hydrogen-bond donors (Lipinski definition) is 1. The van der Waals surface area contributed by atoms with Crippen LogP contribution in [0, 0.1) is 6.92 Å². The molecular formula is C20H22N2O5. The van der Waals surface area contributed by atoms with E-state index >= 15 is 0 Å². The minimum absolute atomic E-state index is 0.150. The van der Waals surface area contributed by atoms with Gasteiger partial charge in [0, 0.05) is 5.56 Å². The number of amides is 1. The molecule has 7 heteroatoms. The molecule has 7 nitrogen and oxygen atoms in total. The van der Waals surface area contributed by atoms with Crippen LogP contribution in [0.2, 0.25) is 0 Å². The predicted octanol–water partition coefficient (Wildman–Crippen LogP) is 2.47. The van der Waals surface area contributed by atoms with Crippen molar-refractivity contribution in [2.24, 2.45) is 5.10 Å². The van der Waals surface area contributed by atoms with Gasteiger partial charge in [0.05, 0.1) is 12.8 Å². The second-order valence-corrected chi connectivity index (χ2v) is 5.48. The van der Waals surface area contributed by atoms with Crippen molar-refractivity contribution in [2.75, 3.05) is 19.8 Å². The van der Waals surface area contributed by atoms with Crippen LogP contribution in [0.25, 0.3) is 0 Å². The zero-order chi connectivity index (χ0) is 19.5. The van der Waals surface area contributed by atoms with Crippen LogP contribution in [0.3, 0.4) is 0 Å². The highest BCUT2D eigenvalue weighted by Gasteiger charge is 2.07. The molecule has 1 N–H and O–H groups in total. The Kier molecular flexibility index (Phi) is 7.84. The fourth-order valence-electron chi connectivity index (χ4n) is 2.13. The van der Waals surface area contributed by atoms with E-state index in [1.54, 1.807) is 37.3 Å². The number of esters is 1. The van der Waals surface area contributed by atoms with E-state index in [0.29, 0.717) is 23.7 Å². The number of ether oxygens (including phenoxy) is 3. The Bertz CT molecular complexity index is 804. The third kappa shape index (κ3) is 6.81. The molecule has 0 fully saturated rings. The molecule has 0 saturated heterocycles. The number of aryl methyl sites for hydroxylation is 1. The topological polar surface area (TPSA) is 86.2 Å². The molecule has 0 spiro atoms. The van der Waals surface area contributed by atoms with Crippen molar-refractivity contribution < 1.29 is 23.8 Å². The number of carbonyl (C=O) groups is 2. The minimum atomic E-state index is -0.453. The second kappa shape index (κ2) is 10.6. The monoisotopic (exact) mass is 370 g/mol. The Morgan fingerprint density at radius 1 is 1.00 bits per heavy atom. The predicted molar refractivity (Wildman–Crippen MR) is 101 cm³/mol. The molecule has 0 aliphatic carbocycles. The maximum absolute atomic E-state index is 11.8. The van der Waals surface area contributed by atoms with Gasteiger partial charge in [0.1, 0.15) is 11.5 Å². The molecule has 0 atom stereocenters. The van der Waals surface area contributed by atoms with Crippen molar-refractivity contribution in [3.8, 4) is 11.5 Å². The molecule has 27 heavy (non-hydrogen) atoms. The SMILES string of the molecule is CCOC(=O)COc1ccccc1C=NNC(=O)COc1ccccc1C. The smallest absolute Gasteiger partial charge is 0.344 e. The minimum Gasteiger partial charge on any atom is -0.483 e. The summed E-state index contributed by atoms with van der Waals surface area (Å²) in [4.78, 5) is 23.2. The summed E-state index contributed by atoms with van der Waals surface area (Å²) >= 11 is 0. The van der Waals surface area contributed by atoms with E-state index in [0.717, 1.165) is 5.56 Å². The fourth-order valence-corrected chi connectivity index (χ4v) is 2.13. The first-order valence-electron chi connectivity index (χ1n) is 8.48. The van der Waals surface area contributed by atoms with Crippen molar-refractivity contribution in [3.63, 3.8) is 0 Å². The standard InChI is InChI=1S/C20H22N2O5/c1-3-25-20(24)14-27-18-11-7-5-9-16(18)12-21-22-19(23)13-26-17-10-6-4-8-15(17)2/h4-12H,3,13-14H2,1-2H3,(H,22,23). The van der Waals surface area contributed by atoms with Crippen molar-refractivity contribution in [1.82, 2.24) is 5.43 Å². The number of hydrazone groups is 1. The summed E-state index contributed by atoms with van der Waals surface area (Å²) in [5.41, 5.74) is 3.95. The van der Waals surface area contributed by atoms with Gasteiger partial charge in [-0.05, 0) is 37.6 Å². The Hall–Kier alpha value is -3.35. The maximum Gasteiger partial charge on any atom is 0.344 e. The quantitative estimate of drug-likeness (QED) is 0.416. The van der Waals surface area contributed by atoms with Gasteiger partial charge in [-0.1, -0.05) is 30.3 Å². The van der Waals surface area contributed by atoms with E-state index in [2.05, 4.69) is 10.5 Å². The van der Waals surface area contributed by atoms with E-state index < -0.39 is 5.97 Å². The summed E-state index contributed by atoms with van der Waals surface area (Å²) < 4.78 is 15.7. The number of hydrogen-bond acceptors (Lipinski definition) is 6. The third-order valence-corrected chi connectivity index (χ3v) is 3.42. The normalized spacial score (nSPS) is 10.4. The van der Waals surface area contributed by atoms with Gasteiger partial charge < -0.3 is 14.2 Å². The van der Waals surface area contributed by atoms with Crippen molar-refractivity contribution >= 4 is 18.1 Å². The maximum atomic E-state index is 11.8. The zero-order valence-electron chi connectivity index (χ0n) is 15.3. The molecule has 0 aliphatic heterocycles. The van der Waals surface area contributed by atoms with Crippen molar-refractivity contribution in [3.05, 3.63) is 59.7 Å². The van der Waals surface area contributed by atoms with E-state index in [4.69, 9.17) is 14.2 Å². The number of para-hydroxylation sites is 2. The second-order valence-electron chi connectivity index (χ2n) is 5.48. The van der Waals surface area contributed by atoms with Crippen LogP contribution in [0.4, 0.5) is 0 Å². The number of nitrogens with one attached hydrogen (secondary N) is 1. The molecule has 2 rings (SSSR count). The van der Waals surface area contributed by atoms with Crippen LogP contribution >= 0.6 is 0 Å². The van der Waals surface area contributed by atoms with Crippen LogP contribution < -0.4 is 14.9 Å². The Morgan fingerprint density at radius 3 is 2.41 bits per heavy atom. The van der Waals surface area contributed by atoms with Gasteiger partial charge in [-0.25, -0.2) is 10.2 Å². The van der Waals surface area contributed by atoms with E-state index in [-0.39, 0.29) is 19.1 Å². The summed E-state index contributed by atoms with van der Waals surface area (Å²) in [7, 11) is 0. The largest absolute Gasteiger partial charge is 0.483 e. The molecule has 1 amide bonds. The van der Waals surface area contributed by atoms with E-state index in [1.165, 1.54) is 6.21 Å². The zero-order valence-corrected chi connectivity index (χ0v) is 15.3. The van der Waals surface area contributed by atoms with Crippen molar-refractivity contribution in [1.29, 1.82) is 0 Å². The van der Waals surface area contributed by atoms with E-state index in [1.807, 2.05) is 25.1 Å². The molecule has 0 aromatic heterocycles. The highest BCUT2D eigenvalue weighted by Crippen LogP contribution is 2.16. The Morgan fingerprint density at radius 2 is 1.67 bits per heavy atom. The molecule has 0 unspecified atom stereocenters. The summed E-state index contributed by atoms with van der Waals surface area (Å²) in [6, 6.07) is 14.4. The molecular weight excluding hydrogens is 348 g/mol. The van der Waals surface area contributed by atoms with Crippen LogP contribution in [-0.2, 0) is 14.3 Å². The molecule has 0 radical (unpaired) electrons. The molecule has 142 valence electrons. The molecule has 2 aromatic carbocycles. The van der Waals surface area contributed by atoms with Gasteiger partial charge >= 0.3 is 5.97 Å². The average Bonchev–Trinajstić information content (AvgIpc) is 2.67. The Balaban J connectivity index is 1.85. The lowest BCUT2D eigenvalue weighted by molar-refractivity contribution is -0.145. The van der Waals surface area contributed by atoms with Crippen LogP contribution in [0.1, 0.15) is 18.1 Å². The molecule has 0 heterocycles. The first-order valence-corrected chi connectivity index (χ1v) is 8.48. The van der Waals surface area contributed by atoms with Crippen molar-refractivity contribution in [2.45, 2.75) is 13.8 Å². The lowest BCUT2D eigenvalue weighted by Gasteiger charge is -2.08. The number of carbonyl (C=O) groups excluding carboxylic acids is 2.